The number of carbonyl (C=O) groups is 2. The average Bonchev–Trinajstić information content (AvgIpc) is 2.17. The van der Waals surface area contributed by atoms with Crippen LogP contribution in [0.2, 0.25) is 0 Å². The molecule has 0 radical (unpaired) electrons. The Hall–Kier alpha value is -1.72. The molecule has 0 spiro atoms. The lowest BCUT2D eigenvalue weighted by molar-refractivity contribution is -0.144. The molecule has 0 atom stereocenters. The summed E-state index contributed by atoms with van der Waals surface area (Å²) in [5.74, 6) is -3.53. The summed E-state index contributed by atoms with van der Waals surface area (Å²) in [5, 5.41) is 9.06. The third-order valence-corrected chi connectivity index (χ3v) is 1.17. The van der Waals surface area contributed by atoms with E-state index in [2.05, 4.69) is 14.2 Å². The highest BCUT2D eigenvalue weighted by Crippen LogP contribution is 2.05. The predicted molar refractivity (Wildman–Crippen MR) is 40.7 cm³/mol. The van der Waals surface area contributed by atoms with Crippen LogP contribution in [0, 0.1) is 0 Å². The van der Waals surface area contributed by atoms with Gasteiger partial charge in [0.25, 0.3) is 11.5 Å². The van der Waals surface area contributed by atoms with Gasteiger partial charge in [-0.3, -0.25) is 0 Å². The molecule has 0 saturated carbocycles. The van der Waals surface area contributed by atoms with Crippen molar-refractivity contribution in [3.8, 4) is 0 Å². The minimum Gasteiger partial charge on any atom is -0.499 e. The highest BCUT2D eigenvalue weighted by atomic mass is 16.6. The van der Waals surface area contributed by atoms with Crippen LogP contribution < -0.4 is 0 Å². The third kappa shape index (κ3) is 2.66. The molecule has 0 amide bonds. The Morgan fingerprint density at radius 3 is 1.69 bits per heavy atom. The number of hydrogen-bond acceptors (Lipinski definition) is 6. The molecule has 13 heavy (non-hydrogen) atoms. The molecule has 74 valence electrons. The molecule has 0 heterocycles. The molecule has 0 bridgehead atoms. The number of carbonyl (C=O) groups excluding carboxylic acids is 2. The molecule has 0 unspecified atom stereocenters. The van der Waals surface area contributed by atoms with Gasteiger partial charge >= 0.3 is 11.9 Å². The van der Waals surface area contributed by atoms with Crippen LogP contribution in [0.25, 0.3) is 0 Å². The van der Waals surface area contributed by atoms with Gasteiger partial charge in [0.15, 0.2) is 0 Å². The van der Waals surface area contributed by atoms with Crippen molar-refractivity contribution in [1.29, 1.82) is 0 Å². The fraction of sp³-hybridized carbons (Fsp3) is 0.429. The Balaban J connectivity index is 4.89. The number of hydrogen-bond donors (Lipinski definition) is 1. The Kier molecular flexibility index (Phi) is 4.36. The molecule has 6 heteroatoms. The molecule has 0 aromatic rings. The minimum atomic E-state index is -1.07. The predicted octanol–water partition coefficient (Wildman–Crippen LogP) is -0.252. The lowest BCUT2D eigenvalue weighted by atomic mass is 10.4. The topological polar surface area (TPSA) is 82.1 Å². The van der Waals surface area contributed by atoms with Gasteiger partial charge in [-0.2, -0.15) is 0 Å². The first-order valence-corrected chi connectivity index (χ1v) is 3.22. The molecule has 0 aromatic carbocycles. The van der Waals surface area contributed by atoms with Crippen LogP contribution in [0.5, 0.6) is 0 Å². The smallest absolute Gasteiger partial charge is 0.377 e. The van der Waals surface area contributed by atoms with Crippen LogP contribution in [0.3, 0.4) is 0 Å². The summed E-state index contributed by atoms with van der Waals surface area (Å²) in [7, 11) is 3.26. The van der Waals surface area contributed by atoms with Crippen molar-refractivity contribution in [3.63, 3.8) is 0 Å². The van der Waals surface area contributed by atoms with E-state index in [0.717, 1.165) is 21.3 Å². The first-order chi connectivity index (χ1) is 6.08. The minimum absolute atomic E-state index is 0.589. The van der Waals surface area contributed by atoms with Crippen LogP contribution in [-0.4, -0.2) is 38.4 Å². The second-order valence-electron chi connectivity index (χ2n) is 1.87. The Labute approximate surface area is 74.7 Å². The molecule has 0 aliphatic carbocycles. The molecule has 0 rings (SSSR count). The van der Waals surface area contributed by atoms with Gasteiger partial charge < -0.3 is 19.3 Å². The van der Waals surface area contributed by atoms with Crippen molar-refractivity contribution in [1.82, 2.24) is 0 Å². The van der Waals surface area contributed by atoms with Gasteiger partial charge in [0.05, 0.1) is 21.3 Å². The number of esters is 2. The number of aliphatic hydroxyl groups excluding tert-OH is 1. The van der Waals surface area contributed by atoms with Crippen molar-refractivity contribution >= 4 is 11.9 Å². The van der Waals surface area contributed by atoms with Crippen LogP contribution in [0.15, 0.2) is 11.5 Å². The monoisotopic (exact) mass is 190 g/mol. The summed E-state index contributed by atoms with van der Waals surface area (Å²) in [6.45, 7) is 0. The first kappa shape index (κ1) is 11.3. The lowest BCUT2D eigenvalue weighted by Crippen LogP contribution is -2.15. The number of ether oxygens (including phenoxy) is 3. The van der Waals surface area contributed by atoms with Gasteiger partial charge in [-0.25, -0.2) is 9.59 Å². The molecule has 0 aromatic heterocycles. The van der Waals surface area contributed by atoms with Gasteiger partial charge in [-0.1, -0.05) is 0 Å². The van der Waals surface area contributed by atoms with Crippen molar-refractivity contribution in [2.24, 2.45) is 0 Å². The summed E-state index contributed by atoms with van der Waals surface area (Å²) >= 11 is 0. The van der Waals surface area contributed by atoms with Gasteiger partial charge in [0.2, 0.25) is 0 Å². The van der Waals surface area contributed by atoms with Crippen LogP contribution in [-0.2, 0) is 23.8 Å². The molecule has 0 fully saturated rings. The molecular formula is C7H10O6. The highest BCUT2D eigenvalue weighted by molar-refractivity contribution is 5.97. The normalized spacial score (nSPS) is 11.3. The van der Waals surface area contributed by atoms with Gasteiger partial charge in [-0.05, 0) is 0 Å². The number of rotatable bonds is 3. The molecule has 1 N–H and O–H groups in total. The van der Waals surface area contributed by atoms with E-state index >= 15 is 0 Å². The van der Waals surface area contributed by atoms with Crippen molar-refractivity contribution in [2.75, 3.05) is 21.3 Å². The van der Waals surface area contributed by atoms with Crippen molar-refractivity contribution in [3.05, 3.63) is 11.5 Å². The van der Waals surface area contributed by atoms with E-state index in [1.165, 1.54) is 0 Å². The number of methoxy groups -OCH3 is 3. The van der Waals surface area contributed by atoms with E-state index in [1.807, 2.05) is 0 Å². The van der Waals surface area contributed by atoms with Crippen molar-refractivity contribution < 1.29 is 28.9 Å². The SMILES string of the molecule is COC(=O)/C(O)=C(/OC)C(=O)OC. The van der Waals surface area contributed by atoms with E-state index in [-0.39, 0.29) is 0 Å². The summed E-state index contributed by atoms with van der Waals surface area (Å²) < 4.78 is 12.8. The maximum atomic E-state index is 10.8. The van der Waals surface area contributed by atoms with E-state index in [0.29, 0.717) is 0 Å². The fourth-order valence-electron chi connectivity index (χ4n) is 0.559. The zero-order valence-electron chi connectivity index (χ0n) is 7.49. The average molecular weight is 190 g/mol. The molecule has 0 aliphatic heterocycles. The maximum Gasteiger partial charge on any atom is 0.377 e. The molecule has 0 aliphatic rings. The van der Waals surface area contributed by atoms with Gasteiger partial charge in [0, 0.05) is 0 Å². The molecular weight excluding hydrogens is 180 g/mol. The standard InChI is InChI=1S/C7H10O6/c1-11-5(7(10)13-3)4(8)6(9)12-2/h8H,1-3H3/b5-4-. The second kappa shape index (κ2) is 5.02. The quantitative estimate of drug-likeness (QED) is 0.375. The summed E-state index contributed by atoms with van der Waals surface area (Å²) in [6, 6.07) is 0. The van der Waals surface area contributed by atoms with Crippen molar-refractivity contribution in [2.45, 2.75) is 0 Å². The summed E-state index contributed by atoms with van der Waals surface area (Å²) in [6.07, 6.45) is 0. The lowest BCUT2D eigenvalue weighted by Gasteiger charge is -2.05. The molecule has 6 nitrogen and oxygen atoms in total. The molecule has 0 saturated heterocycles. The zero-order chi connectivity index (χ0) is 10.4. The van der Waals surface area contributed by atoms with E-state index in [9.17, 15) is 9.59 Å². The second-order valence-corrected chi connectivity index (χ2v) is 1.87. The maximum absolute atomic E-state index is 10.8. The largest absolute Gasteiger partial charge is 0.499 e. The highest BCUT2D eigenvalue weighted by Gasteiger charge is 2.22. The summed E-state index contributed by atoms with van der Waals surface area (Å²) in [5.41, 5.74) is 0. The fourth-order valence-corrected chi connectivity index (χ4v) is 0.559. The van der Waals surface area contributed by atoms with E-state index < -0.39 is 23.5 Å². The van der Waals surface area contributed by atoms with Gasteiger partial charge in [0.1, 0.15) is 0 Å². The zero-order valence-corrected chi connectivity index (χ0v) is 7.49. The Morgan fingerprint density at radius 2 is 1.38 bits per heavy atom. The Morgan fingerprint density at radius 1 is 0.923 bits per heavy atom. The first-order valence-electron chi connectivity index (χ1n) is 3.22. The van der Waals surface area contributed by atoms with Crippen LogP contribution in [0.1, 0.15) is 0 Å². The van der Waals surface area contributed by atoms with Crippen LogP contribution in [0.4, 0.5) is 0 Å². The van der Waals surface area contributed by atoms with E-state index in [4.69, 9.17) is 5.11 Å². The third-order valence-electron chi connectivity index (χ3n) is 1.17. The van der Waals surface area contributed by atoms with Gasteiger partial charge in [-0.15, -0.1) is 0 Å². The van der Waals surface area contributed by atoms with E-state index in [1.54, 1.807) is 0 Å². The van der Waals surface area contributed by atoms with Crippen LogP contribution >= 0.6 is 0 Å². The number of aliphatic hydroxyl groups is 1. The summed E-state index contributed by atoms with van der Waals surface area (Å²) in [4.78, 5) is 21.5. The Bertz CT molecular complexity index is 241.